The Bertz CT molecular complexity index is 666. The molecule has 11 heteroatoms. The van der Waals surface area contributed by atoms with Crippen molar-refractivity contribution in [2.24, 2.45) is 0 Å². The van der Waals surface area contributed by atoms with E-state index in [9.17, 15) is 29.1 Å². The van der Waals surface area contributed by atoms with Crippen molar-refractivity contribution in [2.45, 2.75) is 69.8 Å². The molecule has 0 aromatic rings. The number of nitrogens with one attached hydrogen (secondary N) is 3. The van der Waals surface area contributed by atoms with Gasteiger partial charge in [-0.2, -0.15) is 0 Å². The summed E-state index contributed by atoms with van der Waals surface area (Å²) < 4.78 is 0. The Morgan fingerprint density at radius 2 is 1.82 bits per heavy atom. The first kappa shape index (κ1) is 21.6. The first-order valence-electron chi connectivity index (χ1n) is 9.23. The average Bonchev–Trinajstić information content (AvgIpc) is 3.10. The highest BCUT2D eigenvalue weighted by atomic mass is 16.4. The van der Waals surface area contributed by atoms with Crippen molar-refractivity contribution in [1.82, 2.24) is 20.9 Å². The van der Waals surface area contributed by atoms with Gasteiger partial charge in [-0.15, -0.1) is 0 Å². The maximum Gasteiger partial charge on any atom is 0.303 e. The quantitative estimate of drug-likeness (QED) is 0.355. The van der Waals surface area contributed by atoms with Crippen LogP contribution in [-0.2, 0) is 24.0 Å². The fourth-order valence-corrected chi connectivity index (χ4v) is 3.38. The van der Waals surface area contributed by atoms with Crippen LogP contribution in [-0.4, -0.2) is 81.5 Å². The van der Waals surface area contributed by atoms with E-state index in [-0.39, 0.29) is 12.8 Å². The molecule has 2 rings (SSSR count). The molecule has 0 bridgehead atoms. The van der Waals surface area contributed by atoms with Crippen LogP contribution in [0.2, 0.25) is 0 Å². The number of rotatable bonds is 4. The third kappa shape index (κ3) is 4.97. The van der Waals surface area contributed by atoms with E-state index in [1.54, 1.807) is 0 Å². The molecule has 11 nitrogen and oxygen atoms in total. The second kappa shape index (κ2) is 9.00. The predicted octanol–water partition coefficient (Wildman–Crippen LogP) is -2.29. The van der Waals surface area contributed by atoms with Crippen molar-refractivity contribution in [2.75, 3.05) is 6.54 Å². The van der Waals surface area contributed by atoms with Crippen molar-refractivity contribution >= 4 is 29.6 Å². The van der Waals surface area contributed by atoms with Gasteiger partial charge in [-0.05, 0) is 33.1 Å². The summed E-state index contributed by atoms with van der Waals surface area (Å²) in [5.41, 5.74) is 0. The van der Waals surface area contributed by atoms with Gasteiger partial charge in [-0.3, -0.25) is 24.0 Å². The molecule has 2 aliphatic heterocycles. The number of amides is 4. The SMILES string of the molecule is C[C@@H]1NC(=O)[C@H](CCC(=O)O)NC(=O)[C@H]([C@@H](C)O)NC(=O)[C@@H]2CCCN2C1=O. The summed E-state index contributed by atoms with van der Waals surface area (Å²) >= 11 is 0. The van der Waals surface area contributed by atoms with Crippen LogP contribution in [0.15, 0.2) is 0 Å². The van der Waals surface area contributed by atoms with Crippen LogP contribution in [0.1, 0.15) is 39.5 Å². The Balaban J connectivity index is 2.33. The van der Waals surface area contributed by atoms with Gasteiger partial charge in [0.25, 0.3) is 0 Å². The zero-order valence-corrected chi connectivity index (χ0v) is 15.8. The van der Waals surface area contributed by atoms with E-state index in [2.05, 4.69) is 16.0 Å². The first-order valence-corrected chi connectivity index (χ1v) is 9.23. The highest BCUT2D eigenvalue weighted by Gasteiger charge is 2.40. The molecule has 0 aromatic carbocycles. The zero-order chi connectivity index (χ0) is 21.0. The molecule has 5 atom stereocenters. The molecule has 0 aromatic heterocycles. The van der Waals surface area contributed by atoms with Crippen LogP contribution in [0, 0.1) is 0 Å². The molecule has 0 unspecified atom stereocenters. The van der Waals surface area contributed by atoms with Crippen LogP contribution in [0.5, 0.6) is 0 Å². The maximum atomic E-state index is 12.7. The highest BCUT2D eigenvalue weighted by molar-refractivity contribution is 5.98. The highest BCUT2D eigenvalue weighted by Crippen LogP contribution is 2.19. The summed E-state index contributed by atoms with van der Waals surface area (Å²) in [7, 11) is 0. The number of aliphatic hydroxyl groups excluding tert-OH is 1. The van der Waals surface area contributed by atoms with Gasteiger partial charge in [0.2, 0.25) is 23.6 Å². The van der Waals surface area contributed by atoms with Crippen molar-refractivity contribution < 1.29 is 34.2 Å². The fourth-order valence-electron chi connectivity index (χ4n) is 3.38. The number of carboxylic acid groups (broad SMARTS) is 1. The number of nitrogens with zero attached hydrogens (tertiary/aromatic N) is 1. The lowest BCUT2D eigenvalue weighted by Crippen LogP contribution is -2.62. The van der Waals surface area contributed by atoms with Crippen molar-refractivity contribution in [3.63, 3.8) is 0 Å². The largest absolute Gasteiger partial charge is 0.481 e. The normalized spacial score (nSPS) is 30.3. The lowest BCUT2D eigenvalue weighted by Gasteiger charge is -2.31. The van der Waals surface area contributed by atoms with Crippen molar-refractivity contribution in [1.29, 1.82) is 0 Å². The standard InChI is InChI=1S/C17H26N4O7/c1-8-17(28)21-7-3-4-11(21)15(26)20-13(9(2)22)16(27)19-10(14(25)18-8)5-6-12(23)24/h8-11,13,22H,3-7H2,1-2H3,(H,18,25)(H,19,27)(H,20,26)(H,23,24)/t8-,9+,10-,11-,13-/m0/s1. The molecule has 0 radical (unpaired) electrons. The summed E-state index contributed by atoms with van der Waals surface area (Å²) in [4.78, 5) is 62.6. The minimum absolute atomic E-state index is 0.208. The van der Waals surface area contributed by atoms with E-state index in [1.807, 2.05) is 0 Å². The van der Waals surface area contributed by atoms with Gasteiger partial charge in [-0.25, -0.2) is 0 Å². The lowest BCUT2D eigenvalue weighted by atomic mass is 10.1. The fraction of sp³-hybridized carbons (Fsp3) is 0.706. The van der Waals surface area contributed by atoms with Gasteiger partial charge in [0.15, 0.2) is 0 Å². The van der Waals surface area contributed by atoms with Gasteiger partial charge in [-0.1, -0.05) is 0 Å². The van der Waals surface area contributed by atoms with E-state index >= 15 is 0 Å². The predicted molar refractivity (Wildman–Crippen MR) is 94.8 cm³/mol. The van der Waals surface area contributed by atoms with Gasteiger partial charge in [0.1, 0.15) is 24.2 Å². The third-order valence-electron chi connectivity index (χ3n) is 4.91. The molecule has 2 fully saturated rings. The van der Waals surface area contributed by atoms with Crippen LogP contribution in [0.4, 0.5) is 0 Å². The Labute approximate surface area is 161 Å². The molecule has 0 aliphatic carbocycles. The van der Waals surface area contributed by atoms with Gasteiger partial charge in [0, 0.05) is 13.0 Å². The molecule has 2 aliphatic rings. The van der Waals surface area contributed by atoms with Crippen LogP contribution < -0.4 is 16.0 Å². The van der Waals surface area contributed by atoms with Crippen molar-refractivity contribution in [3.8, 4) is 0 Å². The molecular weight excluding hydrogens is 372 g/mol. The van der Waals surface area contributed by atoms with E-state index < -0.39 is 59.9 Å². The topological polar surface area (TPSA) is 165 Å². The summed E-state index contributed by atoms with van der Waals surface area (Å²) in [6, 6.07) is -4.31. The molecule has 5 N–H and O–H groups in total. The average molecular weight is 398 g/mol. The molecular formula is C17H26N4O7. The lowest BCUT2D eigenvalue weighted by molar-refractivity contribution is -0.144. The second-order valence-corrected chi connectivity index (χ2v) is 7.14. The van der Waals surface area contributed by atoms with E-state index in [1.165, 1.54) is 18.7 Å². The van der Waals surface area contributed by atoms with E-state index in [0.717, 1.165) is 0 Å². The molecule has 0 spiro atoms. The minimum Gasteiger partial charge on any atom is -0.481 e. The summed E-state index contributed by atoms with van der Waals surface area (Å²) in [6.45, 7) is 3.11. The molecule has 156 valence electrons. The Kier molecular flexibility index (Phi) is 6.95. The minimum atomic E-state index is -1.35. The third-order valence-corrected chi connectivity index (χ3v) is 4.91. The van der Waals surface area contributed by atoms with Crippen molar-refractivity contribution in [3.05, 3.63) is 0 Å². The number of carboxylic acids is 1. The monoisotopic (exact) mass is 398 g/mol. The molecule has 4 amide bonds. The van der Waals surface area contributed by atoms with E-state index in [4.69, 9.17) is 5.11 Å². The zero-order valence-electron chi connectivity index (χ0n) is 15.8. The Morgan fingerprint density at radius 1 is 1.14 bits per heavy atom. The Morgan fingerprint density at radius 3 is 2.43 bits per heavy atom. The van der Waals surface area contributed by atoms with Crippen LogP contribution in [0.25, 0.3) is 0 Å². The van der Waals surface area contributed by atoms with Gasteiger partial charge in [0.05, 0.1) is 6.10 Å². The number of carbonyl (C=O) groups excluding carboxylic acids is 4. The smallest absolute Gasteiger partial charge is 0.303 e. The number of hydrogen-bond acceptors (Lipinski definition) is 6. The molecule has 0 saturated carbocycles. The van der Waals surface area contributed by atoms with Crippen LogP contribution in [0.3, 0.4) is 0 Å². The number of carbonyl (C=O) groups is 5. The summed E-state index contributed by atoms with van der Waals surface area (Å²) in [5.74, 6) is -3.67. The number of hydrogen-bond donors (Lipinski definition) is 5. The van der Waals surface area contributed by atoms with Crippen LogP contribution >= 0.6 is 0 Å². The Hall–Kier alpha value is -2.69. The number of fused-ring (bicyclic) bond motifs is 1. The summed E-state index contributed by atoms with van der Waals surface area (Å²) in [6.07, 6.45) is -0.855. The first-order chi connectivity index (χ1) is 13.1. The maximum absolute atomic E-state index is 12.7. The number of aliphatic carboxylic acids is 1. The molecule has 2 saturated heterocycles. The molecule has 28 heavy (non-hydrogen) atoms. The molecule has 2 heterocycles. The second-order valence-electron chi connectivity index (χ2n) is 7.14. The number of aliphatic hydroxyl groups is 1. The van der Waals surface area contributed by atoms with Gasteiger partial charge >= 0.3 is 5.97 Å². The summed E-state index contributed by atoms with van der Waals surface area (Å²) in [5, 5.41) is 26.1. The van der Waals surface area contributed by atoms with Gasteiger partial charge < -0.3 is 31.1 Å². The van der Waals surface area contributed by atoms with E-state index in [0.29, 0.717) is 19.4 Å².